The molecule has 1 amide bonds. The number of nitrogens with zero attached hydrogens (tertiary/aromatic N) is 6. The molecule has 2 aromatic rings. The Bertz CT molecular complexity index is 634. The van der Waals surface area contributed by atoms with Gasteiger partial charge in [0.15, 0.2) is 5.82 Å². The van der Waals surface area contributed by atoms with Crippen molar-refractivity contribution >= 4 is 11.9 Å². The van der Waals surface area contributed by atoms with E-state index < -0.39 is 0 Å². The lowest BCUT2D eigenvalue weighted by Crippen LogP contribution is -2.41. The molecule has 23 heavy (non-hydrogen) atoms. The molecule has 3 rings (SSSR count). The van der Waals surface area contributed by atoms with Crippen LogP contribution in [0.4, 0.5) is 5.95 Å². The Morgan fingerprint density at radius 2 is 2.04 bits per heavy atom. The molecule has 0 saturated carbocycles. The zero-order valence-electron chi connectivity index (χ0n) is 13.2. The van der Waals surface area contributed by atoms with Crippen LogP contribution >= 0.6 is 0 Å². The number of hydrogen-bond donors (Lipinski definition) is 1. The summed E-state index contributed by atoms with van der Waals surface area (Å²) in [6, 6.07) is 1.80. The van der Waals surface area contributed by atoms with Gasteiger partial charge in [-0.25, -0.2) is 9.97 Å². The lowest BCUT2D eigenvalue weighted by molar-refractivity contribution is -0.125. The van der Waals surface area contributed by atoms with Crippen LogP contribution in [0.2, 0.25) is 0 Å². The zero-order valence-corrected chi connectivity index (χ0v) is 13.2. The van der Waals surface area contributed by atoms with Gasteiger partial charge >= 0.3 is 0 Å². The molecule has 0 spiro atoms. The third kappa shape index (κ3) is 3.64. The highest BCUT2D eigenvalue weighted by atomic mass is 16.1. The Kier molecular flexibility index (Phi) is 4.80. The number of aromatic nitrogens is 5. The normalized spacial score (nSPS) is 15.6. The summed E-state index contributed by atoms with van der Waals surface area (Å²) in [5, 5.41) is 10.9. The fraction of sp³-hybridized carbons (Fsp3) is 0.533. The third-order valence-corrected chi connectivity index (χ3v) is 4.16. The lowest BCUT2D eigenvalue weighted by Gasteiger charge is -2.31. The molecule has 1 aliphatic rings. The Labute approximate surface area is 135 Å². The molecule has 0 aromatic carbocycles. The predicted octanol–water partition coefficient (Wildman–Crippen LogP) is 0.621. The summed E-state index contributed by atoms with van der Waals surface area (Å²) in [6.45, 7) is 4.85. The quantitative estimate of drug-likeness (QED) is 0.870. The summed E-state index contributed by atoms with van der Waals surface area (Å²) < 4.78 is 1.93. The van der Waals surface area contributed by atoms with Crippen molar-refractivity contribution in [2.75, 3.05) is 18.0 Å². The average Bonchev–Trinajstić information content (AvgIpc) is 3.08. The summed E-state index contributed by atoms with van der Waals surface area (Å²) in [4.78, 5) is 23.0. The van der Waals surface area contributed by atoms with Gasteiger partial charge in [-0.2, -0.15) is 0 Å². The van der Waals surface area contributed by atoms with Gasteiger partial charge in [0.2, 0.25) is 11.9 Å². The van der Waals surface area contributed by atoms with Gasteiger partial charge in [-0.05, 0) is 25.8 Å². The Hall–Kier alpha value is -2.51. The number of carbonyl (C=O) groups excluding carboxylic acids is 1. The van der Waals surface area contributed by atoms with E-state index in [1.165, 1.54) is 0 Å². The first-order valence-corrected chi connectivity index (χ1v) is 7.94. The molecule has 1 aliphatic heterocycles. The van der Waals surface area contributed by atoms with Gasteiger partial charge in [0.25, 0.3) is 0 Å². The van der Waals surface area contributed by atoms with E-state index in [9.17, 15) is 4.79 Å². The van der Waals surface area contributed by atoms with Crippen LogP contribution < -0.4 is 10.2 Å². The molecular weight excluding hydrogens is 294 g/mol. The second-order valence-corrected chi connectivity index (χ2v) is 5.56. The fourth-order valence-electron chi connectivity index (χ4n) is 2.79. The first kappa shape index (κ1) is 15.4. The molecule has 0 atom stereocenters. The van der Waals surface area contributed by atoms with E-state index in [4.69, 9.17) is 0 Å². The van der Waals surface area contributed by atoms with Crippen LogP contribution in [-0.2, 0) is 17.9 Å². The van der Waals surface area contributed by atoms with Crippen molar-refractivity contribution in [2.45, 2.75) is 32.9 Å². The Balaban J connectivity index is 1.48. The van der Waals surface area contributed by atoms with Gasteiger partial charge in [0.05, 0.1) is 6.54 Å². The summed E-state index contributed by atoms with van der Waals surface area (Å²) in [5.41, 5.74) is 0. The maximum atomic E-state index is 12.3. The van der Waals surface area contributed by atoms with Crippen molar-refractivity contribution in [3.63, 3.8) is 0 Å². The first-order chi connectivity index (χ1) is 11.3. The Morgan fingerprint density at radius 3 is 2.74 bits per heavy atom. The van der Waals surface area contributed by atoms with Crippen molar-refractivity contribution in [2.24, 2.45) is 5.92 Å². The van der Waals surface area contributed by atoms with Crippen molar-refractivity contribution in [1.82, 2.24) is 30.0 Å². The highest BCUT2D eigenvalue weighted by Gasteiger charge is 2.26. The molecule has 1 N–H and O–H groups in total. The highest BCUT2D eigenvalue weighted by Crippen LogP contribution is 2.20. The Morgan fingerprint density at radius 1 is 1.30 bits per heavy atom. The molecule has 8 heteroatoms. The topological polar surface area (TPSA) is 88.8 Å². The van der Waals surface area contributed by atoms with Crippen molar-refractivity contribution in [1.29, 1.82) is 0 Å². The summed E-state index contributed by atoms with van der Waals surface area (Å²) >= 11 is 0. The van der Waals surface area contributed by atoms with E-state index in [0.29, 0.717) is 6.54 Å². The number of rotatable bonds is 5. The summed E-state index contributed by atoms with van der Waals surface area (Å²) in [5.74, 6) is 1.65. The van der Waals surface area contributed by atoms with E-state index in [1.54, 1.807) is 24.8 Å². The zero-order chi connectivity index (χ0) is 16.1. The highest BCUT2D eigenvalue weighted by molar-refractivity contribution is 5.78. The van der Waals surface area contributed by atoms with Gasteiger partial charge in [0, 0.05) is 37.9 Å². The van der Waals surface area contributed by atoms with Crippen LogP contribution in [0.5, 0.6) is 0 Å². The van der Waals surface area contributed by atoms with Gasteiger partial charge in [0.1, 0.15) is 6.33 Å². The number of piperidine rings is 1. The largest absolute Gasteiger partial charge is 0.349 e. The molecule has 3 heterocycles. The molecule has 122 valence electrons. The maximum Gasteiger partial charge on any atom is 0.225 e. The van der Waals surface area contributed by atoms with E-state index >= 15 is 0 Å². The number of amides is 1. The van der Waals surface area contributed by atoms with E-state index in [1.807, 2.05) is 11.5 Å². The number of hydrogen-bond acceptors (Lipinski definition) is 6. The fourth-order valence-corrected chi connectivity index (χ4v) is 2.79. The lowest BCUT2D eigenvalue weighted by atomic mass is 9.96. The summed E-state index contributed by atoms with van der Waals surface area (Å²) in [6.07, 6.45) is 6.78. The first-order valence-electron chi connectivity index (χ1n) is 7.94. The van der Waals surface area contributed by atoms with Crippen LogP contribution in [0.1, 0.15) is 25.6 Å². The SMILES string of the molecule is CCn1cnnc1CNC(=O)C1CCN(c2ncccn2)CC1. The third-order valence-electron chi connectivity index (χ3n) is 4.16. The smallest absolute Gasteiger partial charge is 0.225 e. The molecular formula is C15H21N7O. The molecule has 1 saturated heterocycles. The average molecular weight is 315 g/mol. The van der Waals surface area contributed by atoms with Crippen molar-refractivity contribution in [3.05, 3.63) is 30.6 Å². The second kappa shape index (κ2) is 7.17. The van der Waals surface area contributed by atoms with Crippen molar-refractivity contribution in [3.8, 4) is 0 Å². The van der Waals surface area contributed by atoms with Gasteiger partial charge in [-0.1, -0.05) is 0 Å². The van der Waals surface area contributed by atoms with E-state index in [-0.39, 0.29) is 11.8 Å². The van der Waals surface area contributed by atoms with Crippen molar-refractivity contribution < 1.29 is 4.79 Å². The molecule has 2 aromatic heterocycles. The standard InChI is InChI=1S/C15H21N7O/c1-2-21-11-19-20-13(21)10-18-14(23)12-4-8-22(9-5-12)15-16-6-3-7-17-15/h3,6-7,11-12H,2,4-5,8-10H2,1H3,(H,18,23). The maximum absolute atomic E-state index is 12.3. The molecule has 0 radical (unpaired) electrons. The minimum absolute atomic E-state index is 0.0351. The molecule has 8 nitrogen and oxygen atoms in total. The van der Waals surface area contributed by atoms with Crippen LogP contribution in [0.15, 0.2) is 24.8 Å². The number of nitrogens with one attached hydrogen (secondary N) is 1. The monoisotopic (exact) mass is 315 g/mol. The predicted molar refractivity (Wildman–Crippen MR) is 84.5 cm³/mol. The number of carbonyl (C=O) groups is 1. The van der Waals surface area contributed by atoms with Crippen LogP contribution in [0.3, 0.4) is 0 Å². The van der Waals surface area contributed by atoms with E-state index in [0.717, 1.165) is 44.2 Å². The van der Waals surface area contributed by atoms with E-state index in [2.05, 4.69) is 30.4 Å². The number of anilines is 1. The molecule has 1 fully saturated rings. The molecule has 0 aliphatic carbocycles. The second-order valence-electron chi connectivity index (χ2n) is 5.56. The minimum atomic E-state index is 0.0351. The minimum Gasteiger partial charge on any atom is -0.349 e. The molecule has 0 unspecified atom stereocenters. The van der Waals surface area contributed by atoms with Gasteiger partial charge in [-0.15, -0.1) is 10.2 Å². The molecule has 0 bridgehead atoms. The van der Waals surface area contributed by atoms with Gasteiger partial charge in [-0.3, -0.25) is 4.79 Å². The van der Waals surface area contributed by atoms with Crippen LogP contribution in [0, 0.1) is 5.92 Å². The van der Waals surface area contributed by atoms with Crippen LogP contribution in [-0.4, -0.2) is 43.7 Å². The van der Waals surface area contributed by atoms with Gasteiger partial charge < -0.3 is 14.8 Å². The summed E-state index contributed by atoms with van der Waals surface area (Å²) in [7, 11) is 0. The number of aryl methyl sites for hydroxylation is 1. The van der Waals surface area contributed by atoms with Crippen LogP contribution in [0.25, 0.3) is 0 Å².